The first-order chi connectivity index (χ1) is 12.3. The molecular formula is C21H25NO4. The zero-order valence-electron chi connectivity index (χ0n) is 15.5. The second-order valence-corrected chi connectivity index (χ2v) is 7.25. The predicted octanol–water partition coefficient (Wildman–Crippen LogP) is 4.13. The average molecular weight is 355 g/mol. The Morgan fingerprint density at radius 3 is 2.46 bits per heavy atom. The summed E-state index contributed by atoms with van der Waals surface area (Å²) >= 11 is 0. The third-order valence-corrected chi connectivity index (χ3v) is 4.51. The van der Waals surface area contributed by atoms with Crippen LogP contribution in [0.25, 0.3) is 10.8 Å². The van der Waals surface area contributed by atoms with Crippen LogP contribution in [0.3, 0.4) is 0 Å². The number of rotatable bonds is 5. The zero-order chi connectivity index (χ0) is 18.8. The molecule has 0 unspecified atom stereocenters. The monoisotopic (exact) mass is 355 g/mol. The molecule has 2 aromatic rings. The van der Waals surface area contributed by atoms with Crippen molar-refractivity contribution in [3.8, 4) is 5.75 Å². The van der Waals surface area contributed by atoms with Gasteiger partial charge in [0.25, 0.3) is 0 Å². The number of hydrogen-bond donors (Lipinski definition) is 1. The third kappa shape index (κ3) is 3.74. The van der Waals surface area contributed by atoms with E-state index < -0.39 is 11.2 Å². The number of fused-ring (bicyclic) bond motifs is 1. The molecule has 0 atom stereocenters. The van der Waals surface area contributed by atoms with E-state index in [1.54, 1.807) is 6.08 Å². The molecule has 2 aromatic carbocycles. The molecule has 1 N–H and O–H groups in total. The number of carbonyl (C=O) groups excluding carboxylic acids is 1. The Morgan fingerprint density at radius 2 is 1.81 bits per heavy atom. The lowest BCUT2D eigenvalue weighted by Gasteiger charge is -2.40. The topological polar surface area (TPSA) is 56.8 Å². The van der Waals surface area contributed by atoms with Crippen LogP contribution in [-0.2, 0) is 14.3 Å². The van der Waals surface area contributed by atoms with Gasteiger partial charge >= 0.3 is 0 Å². The van der Waals surface area contributed by atoms with Crippen molar-refractivity contribution >= 4 is 22.4 Å². The standard InChI is InChI=1S/C21H25NO4/c1-5-12-24-18-11-10-17(15-8-6-7-9-16(15)18)22-19(23)21(4)13-25-20(2,3)26-14-21/h5-11H,1,12-14H2,2-4H3,(H,22,23). The summed E-state index contributed by atoms with van der Waals surface area (Å²) in [5.74, 6) is -0.0231. The van der Waals surface area contributed by atoms with Crippen molar-refractivity contribution in [3.05, 3.63) is 49.1 Å². The highest BCUT2D eigenvalue weighted by Crippen LogP contribution is 2.34. The van der Waals surface area contributed by atoms with Crippen LogP contribution in [0.15, 0.2) is 49.1 Å². The highest BCUT2D eigenvalue weighted by Gasteiger charge is 2.42. The van der Waals surface area contributed by atoms with Gasteiger partial charge in [0.15, 0.2) is 5.79 Å². The number of hydrogen-bond acceptors (Lipinski definition) is 4. The lowest BCUT2D eigenvalue weighted by molar-refractivity contribution is -0.276. The maximum atomic E-state index is 12.9. The molecule has 1 aliphatic rings. The molecule has 5 heteroatoms. The molecular weight excluding hydrogens is 330 g/mol. The van der Waals surface area contributed by atoms with Crippen LogP contribution >= 0.6 is 0 Å². The van der Waals surface area contributed by atoms with Gasteiger partial charge in [0.2, 0.25) is 5.91 Å². The quantitative estimate of drug-likeness (QED) is 0.819. The van der Waals surface area contributed by atoms with E-state index in [1.807, 2.05) is 57.2 Å². The molecule has 26 heavy (non-hydrogen) atoms. The SMILES string of the molecule is C=CCOc1ccc(NC(=O)C2(C)COC(C)(C)OC2)c2ccccc12. The van der Waals surface area contributed by atoms with Gasteiger partial charge < -0.3 is 19.5 Å². The van der Waals surface area contributed by atoms with E-state index in [9.17, 15) is 4.79 Å². The maximum Gasteiger partial charge on any atom is 0.235 e. The summed E-state index contributed by atoms with van der Waals surface area (Å²) in [5, 5.41) is 4.89. The van der Waals surface area contributed by atoms with Gasteiger partial charge in [0.05, 0.1) is 18.6 Å². The summed E-state index contributed by atoms with van der Waals surface area (Å²) in [4.78, 5) is 12.9. The lowest BCUT2D eigenvalue weighted by atomic mass is 9.90. The van der Waals surface area contributed by atoms with Crippen molar-refractivity contribution in [1.82, 2.24) is 0 Å². The van der Waals surface area contributed by atoms with E-state index >= 15 is 0 Å². The summed E-state index contributed by atoms with van der Waals surface area (Å²) in [6.07, 6.45) is 1.70. The number of amides is 1. The zero-order valence-corrected chi connectivity index (χ0v) is 15.5. The fourth-order valence-electron chi connectivity index (χ4n) is 2.81. The largest absolute Gasteiger partial charge is 0.489 e. The first-order valence-corrected chi connectivity index (χ1v) is 8.69. The summed E-state index contributed by atoms with van der Waals surface area (Å²) in [7, 11) is 0. The highest BCUT2D eigenvalue weighted by atomic mass is 16.7. The minimum absolute atomic E-state index is 0.127. The highest BCUT2D eigenvalue weighted by molar-refractivity contribution is 6.05. The smallest absolute Gasteiger partial charge is 0.235 e. The Kier molecular flexibility index (Phi) is 5.03. The molecule has 5 nitrogen and oxygen atoms in total. The van der Waals surface area contributed by atoms with Crippen LogP contribution in [0.2, 0.25) is 0 Å². The molecule has 1 amide bonds. The number of anilines is 1. The van der Waals surface area contributed by atoms with Gasteiger partial charge in [0.1, 0.15) is 12.4 Å². The molecule has 0 spiro atoms. The Labute approximate surface area is 153 Å². The van der Waals surface area contributed by atoms with Crippen molar-refractivity contribution in [1.29, 1.82) is 0 Å². The van der Waals surface area contributed by atoms with E-state index in [0.29, 0.717) is 19.8 Å². The minimum atomic E-state index is -0.741. The Bertz CT molecular complexity index is 818. The molecule has 1 aliphatic heterocycles. The summed E-state index contributed by atoms with van der Waals surface area (Å²) in [6.45, 7) is 10.3. The number of ether oxygens (including phenoxy) is 3. The van der Waals surface area contributed by atoms with E-state index in [4.69, 9.17) is 14.2 Å². The number of nitrogens with one attached hydrogen (secondary N) is 1. The molecule has 0 bridgehead atoms. The van der Waals surface area contributed by atoms with E-state index in [2.05, 4.69) is 11.9 Å². The van der Waals surface area contributed by atoms with Gasteiger partial charge in [-0.1, -0.05) is 36.9 Å². The van der Waals surface area contributed by atoms with E-state index in [0.717, 1.165) is 22.2 Å². The second kappa shape index (κ2) is 7.09. The maximum absolute atomic E-state index is 12.9. The molecule has 0 aliphatic carbocycles. The summed E-state index contributed by atoms with van der Waals surface area (Å²) in [5.41, 5.74) is -0.00290. The predicted molar refractivity (Wildman–Crippen MR) is 102 cm³/mol. The summed E-state index contributed by atoms with van der Waals surface area (Å²) in [6, 6.07) is 11.5. The molecule has 1 fully saturated rings. The number of benzene rings is 2. The van der Waals surface area contributed by atoms with Crippen LogP contribution in [-0.4, -0.2) is 31.5 Å². The van der Waals surface area contributed by atoms with Gasteiger partial charge in [-0.15, -0.1) is 0 Å². The first-order valence-electron chi connectivity index (χ1n) is 8.69. The van der Waals surface area contributed by atoms with Crippen molar-refractivity contribution in [2.24, 2.45) is 5.41 Å². The van der Waals surface area contributed by atoms with Crippen molar-refractivity contribution in [2.75, 3.05) is 25.1 Å². The number of carbonyl (C=O) groups is 1. The first kappa shape index (κ1) is 18.4. The van der Waals surface area contributed by atoms with Crippen LogP contribution < -0.4 is 10.1 Å². The Morgan fingerprint density at radius 1 is 1.15 bits per heavy atom. The fourth-order valence-corrected chi connectivity index (χ4v) is 2.81. The molecule has 138 valence electrons. The van der Waals surface area contributed by atoms with Crippen LogP contribution in [0.5, 0.6) is 5.75 Å². The molecule has 1 saturated heterocycles. The lowest BCUT2D eigenvalue weighted by Crippen LogP contribution is -2.50. The van der Waals surface area contributed by atoms with E-state index in [-0.39, 0.29) is 5.91 Å². The van der Waals surface area contributed by atoms with Crippen LogP contribution in [0.4, 0.5) is 5.69 Å². The molecule has 0 radical (unpaired) electrons. The molecule has 3 rings (SSSR count). The van der Waals surface area contributed by atoms with Crippen molar-refractivity contribution in [2.45, 2.75) is 26.6 Å². The molecule has 0 aromatic heterocycles. The molecule has 1 heterocycles. The normalized spacial score (nSPS) is 18.3. The van der Waals surface area contributed by atoms with Gasteiger partial charge in [-0.2, -0.15) is 0 Å². The van der Waals surface area contributed by atoms with Gasteiger partial charge in [-0.3, -0.25) is 4.79 Å². The van der Waals surface area contributed by atoms with Crippen molar-refractivity contribution in [3.63, 3.8) is 0 Å². The second-order valence-electron chi connectivity index (χ2n) is 7.25. The fraction of sp³-hybridized carbons (Fsp3) is 0.381. The average Bonchev–Trinajstić information content (AvgIpc) is 2.63. The Balaban J connectivity index is 1.85. The van der Waals surface area contributed by atoms with Gasteiger partial charge in [-0.05, 0) is 32.9 Å². The van der Waals surface area contributed by atoms with Crippen LogP contribution in [0.1, 0.15) is 20.8 Å². The summed E-state index contributed by atoms with van der Waals surface area (Å²) < 4.78 is 17.1. The Hall–Kier alpha value is -2.37. The van der Waals surface area contributed by atoms with E-state index in [1.165, 1.54) is 0 Å². The molecule has 0 saturated carbocycles. The van der Waals surface area contributed by atoms with Gasteiger partial charge in [0, 0.05) is 16.5 Å². The van der Waals surface area contributed by atoms with Crippen molar-refractivity contribution < 1.29 is 19.0 Å². The van der Waals surface area contributed by atoms with Crippen LogP contribution in [0, 0.1) is 5.41 Å². The third-order valence-electron chi connectivity index (χ3n) is 4.51. The minimum Gasteiger partial charge on any atom is -0.489 e. The van der Waals surface area contributed by atoms with Gasteiger partial charge in [-0.25, -0.2) is 0 Å².